The number of aryl methyl sites for hydroxylation is 1. The van der Waals surface area contributed by atoms with Crippen LogP contribution in [0.15, 0.2) is 12.1 Å². The average Bonchev–Trinajstić information content (AvgIpc) is 2.46. The summed E-state index contributed by atoms with van der Waals surface area (Å²) in [5.74, 6) is 0.777. The van der Waals surface area contributed by atoms with E-state index in [-0.39, 0.29) is 18.0 Å². The lowest BCUT2D eigenvalue weighted by atomic mass is 9.91. The summed E-state index contributed by atoms with van der Waals surface area (Å²) < 4.78 is 11.0. The van der Waals surface area contributed by atoms with E-state index in [2.05, 4.69) is 24.4 Å². The molecule has 116 valence electrons. The third kappa shape index (κ3) is 3.54. The predicted octanol–water partition coefficient (Wildman–Crippen LogP) is 1.85. The number of hydrogen-bond acceptors (Lipinski definition) is 4. The maximum atomic E-state index is 11.4. The number of amides is 1. The van der Waals surface area contributed by atoms with Gasteiger partial charge in [-0.2, -0.15) is 0 Å². The fourth-order valence-corrected chi connectivity index (χ4v) is 2.74. The van der Waals surface area contributed by atoms with Gasteiger partial charge in [-0.15, -0.1) is 0 Å². The molecule has 0 spiro atoms. The molecule has 1 aliphatic heterocycles. The van der Waals surface area contributed by atoms with E-state index >= 15 is 0 Å². The highest BCUT2D eigenvalue weighted by Gasteiger charge is 2.27. The highest BCUT2D eigenvalue weighted by Crippen LogP contribution is 2.38. The lowest BCUT2D eigenvalue weighted by Crippen LogP contribution is -2.31. The smallest absolute Gasteiger partial charge is 0.217 e. The van der Waals surface area contributed by atoms with Crippen molar-refractivity contribution in [3.63, 3.8) is 0 Å². The van der Waals surface area contributed by atoms with E-state index < -0.39 is 0 Å². The van der Waals surface area contributed by atoms with Gasteiger partial charge in [-0.25, -0.2) is 0 Å². The van der Waals surface area contributed by atoms with Gasteiger partial charge in [-0.3, -0.25) is 4.79 Å². The van der Waals surface area contributed by atoms with Crippen LogP contribution in [0.5, 0.6) is 5.75 Å². The van der Waals surface area contributed by atoms with Gasteiger partial charge in [0.1, 0.15) is 5.75 Å². The predicted molar refractivity (Wildman–Crippen MR) is 81.3 cm³/mol. The van der Waals surface area contributed by atoms with Gasteiger partial charge in [0.2, 0.25) is 5.91 Å². The van der Waals surface area contributed by atoms with Gasteiger partial charge >= 0.3 is 0 Å². The molecule has 2 unspecified atom stereocenters. The largest absolute Gasteiger partial charge is 0.493 e. The van der Waals surface area contributed by atoms with Crippen molar-refractivity contribution in [1.82, 2.24) is 5.32 Å². The summed E-state index contributed by atoms with van der Waals surface area (Å²) >= 11 is 0. The summed E-state index contributed by atoms with van der Waals surface area (Å²) in [5, 5.41) is 3.00. The summed E-state index contributed by atoms with van der Waals surface area (Å²) in [7, 11) is 1.64. The van der Waals surface area contributed by atoms with Crippen molar-refractivity contribution in [1.29, 1.82) is 0 Å². The van der Waals surface area contributed by atoms with Crippen molar-refractivity contribution in [3.8, 4) is 5.75 Å². The summed E-state index contributed by atoms with van der Waals surface area (Å²) in [6.07, 6.45) is 1.69. The molecule has 21 heavy (non-hydrogen) atoms. The Bertz CT molecular complexity index is 516. The molecule has 1 amide bonds. The van der Waals surface area contributed by atoms with Crippen LogP contribution < -0.4 is 15.8 Å². The second kappa shape index (κ2) is 6.91. The minimum Gasteiger partial charge on any atom is -0.493 e. The Morgan fingerprint density at radius 1 is 1.57 bits per heavy atom. The van der Waals surface area contributed by atoms with E-state index in [0.717, 1.165) is 29.7 Å². The first-order valence-electron chi connectivity index (χ1n) is 7.38. The van der Waals surface area contributed by atoms with Crippen LogP contribution >= 0.6 is 0 Å². The van der Waals surface area contributed by atoms with Gasteiger partial charge in [-0.05, 0) is 12.0 Å². The van der Waals surface area contributed by atoms with E-state index in [9.17, 15) is 4.79 Å². The van der Waals surface area contributed by atoms with Crippen molar-refractivity contribution in [2.45, 2.75) is 38.8 Å². The maximum absolute atomic E-state index is 11.4. The Morgan fingerprint density at radius 3 is 2.95 bits per heavy atom. The number of nitrogens with one attached hydrogen (secondary N) is 1. The minimum absolute atomic E-state index is 0.00811. The number of hydrogen-bond donors (Lipinski definition) is 2. The topological polar surface area (TPSA) is 73.6 Å². The van der Waals surface area contributed by atoms with Crippen LogP contribution in [0.3, 0.4) is 0 Å². The van der Waals surface area contributed by atoms with Gasteiger partial charge < -0.3 is 20.5 Å². The Morgan fingerprint density at radius 2 is 2.33 bits per heavy atom. The summed E-state index contributed by atoms with van der Waals surface area (Å²) in [4.78, 5) is 11.4. The Kier molecular flexibility index (Phi) is 5.20. The zero-order valence-electron chi connectivity index (χ0n) is 12.9. The number of carbonyl (C=O) groups is 1. The minimum atomic E-state index is -0.230. The number of rotatable bonds is 5. The number of fused-ring (bicyclic) bond motifs is 1. The number of benzene rings is 1. The third-order valence-corrected chi connectivity index (χ3v) is 3.77. The molecule has 0 saturated carbocycles. The molecule has 0 aromatic heterocycles. The first kappa shape index (κ1) is 15.8. The number of ether oxygens (including phenoxy) is 2. The molecule has 0 saturated heterocycles. The molecule has 5 nitrogen and oxygen atoms in total. The van der Waals surface area contributed by atoms with Crippen LogP contribution in [0.4, 0.5) is 0 Å². The summed E-state index contributed by atoms with van der Waals surface area (Å²) in [6, 6.07) is 3.95. The summed E-state index contributed by atoms with van der Waals surface area (Å²) in [5.41, 5.74) is 9.38. The van der Waals surface area contributed by atoms with Gasteiger partial charge in [0.15, 0.2) is 0 Å². The number of nitrogens with two attached hydrogens (primary N) is 1. The molecule has 1 heterocycles. The molecular formula is C16H24N2O3. The first-order chi connectivity index (χ1) is 10.1. The average molecular weight is 292 g/mol. The quantitative estimate of drug-likeness (QED) is 0.868. The molecule has 5 heteroatoms. The van der Waals surface area contributed by atoms with E-state index in [4.69, 9.17) is 15.2 Å². The normalized spacial score (nSPS) is 18.6. The Hall–Kier alpha value is -1.59. The Balaban J connectivity index is 2.45. The molecule has 2 atom stereocenters. The van der Waals surface area contributed by atoms with Gasteiger partial charge in [0, 0.05) is 31.6 Å². The molecule has 1 aliphatic rings. The van der Waals surface area contributed by atoms with Crippen LogP contribution in [-0.2, 0) is 16.0 Å². The lowest BCUT2D eigenvalue weighted by molar-refractivity contribution is -0.119. The number of carbonyl (C=O) groups excluding carboxylic acids is 1. The monoisotopic (exact) mass is 292 g/mol. The fourth-order valence-electron chi connectivity index (χ4n) is 2.74. The van der Waals surface area contributed by atoms with Gasteiger partial charge in [-0.1, -0.05) is 19.1 Å². The SMILES string of the molecule is CCc1cc(C(N)COC)c2c(c1)C(NC(C)=O)CCO2. The second-order valence-corrected chi connectivity index (χ2v) is 5.41. The van der Waals surface area contributed by atoms with Gasteiger partial charge in [0.25, 0.3) is 0 Å². The van der Waals surface area contributed by atoms with E-state index in [1.165, 1.54) is 12.5 Å². The van der Waals surface area contributed by atoms with Crippen molar-refractivity contribution >= 4 is 5.91 Å². The first-order valence-corrected chi connectivity index (χ1v) is 7.38. The van der Waals surface area contributed by atoms with Crippen LogP contribution in [0, 0.1) is 0 Å². The molecule has 0 radical (unpaired) electrons. The third-order valence-electron chi connectivity index (χ3n) is 3.77. The van der Waals surface area contributed by atoms with E-state index in [0.29, 0.717) is 13.2 Å². The summed E-state index contributed by atoms with van der Waals surface area (Å²) in [6.45, 7) is 4.66. The second-order valence-electron chi connectivity index (χ2n) is 5.41. The molecule has 0 aliphatic carbocycles. The Labute approximate surface area is 125 Å². The zero-order valence-corrected chi connectivity index (χ0v) is 12.9. The highest BCUT2D eigenvalue weighted by atomic mass is 16.5. The zero-order chi connectivity index (χ0) is 15.4. The van der Waals surface area contributed by atoms with E-state index in [1.54, 1.807) is 7.11 Å². The van der Waals surface area contributed by atoms with Crippen molar-refractivity contribution < 1.29 is 14.3 Å². The molecule has 1 aromatic rings. The van der Waals surface area contributed by atoms with Crippen LogP contribution in [-0.4, -0.2) is 26.2 Å². The van der Waals surface area contributed by atoms with E-state index in [1.807, 2.05) is 0 Å². The lowest BCUT2D eigenvalue weighted by Gasteiger charge is -2.30. The van der Waals surface area contributed by atoms with Crippen molar-refractivity contribution in [2.24, 2.45) is 5.73 Å². The molecule has 1 aromatic carbocycles. The van der Waals surface area contributed by atoms with Crippen molar-refractivity contribution in [2.75, 3.05) is 20.3 Å². The van der Waals surface area contributed by atoms with Crippen LogP contribution in [0.1, 0.15) is 49.0 Å². The molecule has 3 N–H and O–H groups in total. The fraction of sp³-hybridized carbons (Fsp3) is 0.562. The number of methoxy groups -OCH3 is 1. The molecule has 2 rings (SSSR count). The molecule has 0 fully saturated rings. The van der Waals surface area contributed by atoms with Crippen molar-refractivity contribution in [3.05, 3.63) is 28.8 Å². The molecular weight excluding hydrogens is 268 g/mol. The van der Waals surface area contributed by atoms with Gasteiger partial charge in [0.05, 0.1) is 25.3 Å². The maximum Gasteiger partial charge on any atom is 0.217 e. The van der Waals surface area contributed by atoms with Crippen LogP contribution in [0.25, 0.3) is 0 Å². The molecule has 0 bridgehead atoms. The highest BCUT2D eigenvalue weighted by molar-refractivity contribution is 5.73. The van der Waals surface area contributed by atoms with Crippen LogP contribution in [0.2, 0.25) is 0 Å². The standard InChI is InChI=1S/C16H24N2O3/c1-4-11-7-12(14(17)9-20-3)16-13(8-11)15(5-6-21-16)18-10(2)19/h7-8,14-15H,4-6,9,17H2,1-3H3,(H,18,19).